The number of anilines is 6. The van der Waals surface area contributed by atoms with Crippen LogP contribution < -0.4 is 21.7 Å². The Morgan fingerprint density at radius 2 is 1.00 bits per heavy atom. The van der Waals surface area contributed by atoms with Crippen LogP contribution in [0.4, 0.5) is 34.4 Å². The summed E-state index contributed by atoms with van der Waals surface area (Å²) >= 11 is 0. The molecule has 4 aromatic heterocycles. The molecule has 0 spiro atoms. The van der Waals surface area contributed by atoms with E-state index in [0.29, 0.717) is 11.5 Å². The van der Waals surface area contributed by atoms with Crippen LogP contribution in [0.25, 0.3) is 43.9 Å². The monoisotopic (exact) mass is 564 g/mol. The number of nitrogens with zero attached hydrogens (tertiary/aromatic N) is 2. The summed E-state index contributed by atoms with van der Waals surface area (Å²) in [5.74, 6) is 1.41. The van der Waals surface area contributed by atoms with Crippen molar-refractivity contribution in [2.24, 2.45) is 0 Å². The Labute approximate surface area is 247 Å². The van der Waals surface area contributed by atoms with Crippen molar-refractivity contribution in [3.63, 3.8) is 0 Å². The first-order valence-electron chi connectivity index (χ1n) is 13.9. The van der Waals surface area contributed by atoms with Gasteiger partial charge in [-0.15, -0.1) is 0 Å². The number of nitrogens with two attached hydrogens (primary N) is 1. The largest absolute Gasteiger partial charge is 0.454 e. The molecule has 0 unspecified atom stereocenters. The van der Waals surface area contributed by atoms with Crippen LogP contribution in [0.2, 0.25) is 0 Å². The van der Waals surface area contributed by atoms with E-state index in [1.807, 2.05) is 98.0 Å². The standard InChI is InChI=1S/C18H15N3O.C17H13N3O/c1-19-15-9-5-11-20-18(15)21-14-8-4-7-13-12-6-2-3-10-16(12)22-17(13)14;18-13-7-4-10-19-17(13)20-14-8-3-6-12-11-5-1-2-9-15(11)21-16(12)14/h2-11,19H,1H3,(H,20,21);1-10H,18H2,(H,19,20). The van der Waals surface area contributed by atoms with E-state index < -0.39 is 0 Å². The quantitative estimate of drug-likeness (QED) is 0.164. The van der Waals surface area contributed by atoms with Gasteiger partial charge in [0.15, 0.2) is 22.8 Å². The average molecular weight is 565 g/mol. The van der Waals surface area contributed by atoms with Crippen molar-refractivity contribution in [3.05, 3.63) is 122 Å². The number of para-hydroxylation sites is 4. The first-order chi connectivity index (χ1) is 21.2. The Kier molecular flexibility index (Phi) is 6.69. The Balaban J connectivity index is 0.000000140. The fraction of sp³-hybridized carbons (Fsp3) is 0.0286. The molecule has 8 heteroatoms. The van der Waals surface area contributed by atoms with Crippen molar-refractivity contribution >= 4 is 78.3 Å². The zero-order chi connectivity index (χ0) is 29.2. The summed E-state index contributed by atoms with van der Waals surface area (Å²) in [5, 5.41) is 14.1. The number of fused-ring (bicyclic) bond motifs is 6. The highest BCUT2D eigenvalue weighted by molar-refractivity contribution is 6.10. The molecule has 0 saturated carbocycles. The number of rotatable bonds is 5. The van der Waals surface area contributed by atoms with Gasteiger partial charge in [-0.25, -0.2) is 9.97 Å². The Morgan fingerprint density at radius 1 is 0.512 bits per heavy atom. The summed E-state index contributed by atoms with van der Waals surface area (Å²) in [7, 11) is 1.88. The molecule has 0 fully saturated rings. The second-order valence-corrected chi connectivity index (χ2v) is 9.90. The predicted octanol–water partition coefficient (Wildman–Crippen LogP) is 9.07. The molecule has 8 rings (SSSR count). The van der Waals surface area contributed by atoms with Crippen LogP contribution in [-0.2, 0) is 0 Å². The third-order valence-electron chi connectivity index (χ3n) is 7.23. The third kappa shape index (κ3) is 4.91. The molecule has 0 amide bonds. The second-order valence-electron chi connectivity index (χ2n) is 9.90. The zero-order valence-corrected chi connectivity index (χ0v) is 23.3. The maximum atomic E-state index is 6.02. The van der Waals surface area contributed by atoms with Crippen molar-refractivity contribution in [2.75, 3.05) is 28.7 Å². The Morgan fingerprint density at radius 3 is 1.58 bits per heavy atom. The molecule has 0 atom stereocenters. The van der Waals surface area contributed by atoms with E-state index in [4.69, 9.17) is 14.6 Å². The smallest absolute Gasteiger partial charge is 0.158 e. The van der Waals surface area contributed by atoms with Crippen LogP contribution >= 0.6 is 0 Å². The molecule has 5 N–H and O–H groups in total. The number of pyridine rings is 2. The number of furan rings is 2. The number of aromatic nitrogens is 2. The number of nitrogens with one attached hydrogen (secondary N) is 3. The van der Waals surface area contributed by atoms with E-state index in [1.165, 1.54) is 0 Å². The predicted molar refractivity (Wildman–Crippen MR) is 176 cm³/mol. The van der Waals surface area contributed by atoms with Crippen LogP contribution in [0.15, 0.2) is 130 Å². The van der Waals surface area contributed by atoms with E-state index in [2.05, 4.69) is 44.1 Å². The summed E-state index contributed by atoms with van der Waals surface area (Å²) < 4.78 is 12.0. The van der Waals surface area contributed by atoms with Crippen LogP contribution in [0, 0.1) is 0 Å². The van der Waals surface area contributed by atoms with Gasteiger partial charge in [0, 0.05) is 41.0 Å². The SMILES string of the molecule is CNc1cccnc1Nc1cccc2c1oc1ccccc12.Nc1cccnc1Nc1cccc2c1oc1ccccc12. The van der Waals surface area contributed by atoms with Gasteiger partial charge in [0.2, 0.25) is 0 Å². The van der Waals surface area contributed by atoms with Crippen molar-refractivity contribution in [1.82, 2.24) is 9.97 Å². The highest BCUT2D eigenvalue weighted by Gasteiger charge is 2.13. The molecule has 8 aromatic rings. The van der Waals surface area contributed by atoms with E-state index in [1.54, 1.807) is 12.4 Å². The molecular weight excluding hydrogens is 536 g/mol. The van der Waals surface area contributed by atoms with Gasteiger partial charge in [-0.2, -0.15) is 0 Å². The topological polar surface area (TPSA) is 114 Å². The molecule has 0 aliphatic rings. The lowest BCUT2D eigenvalue weighted by atomic mass is 10.1. The maximum absolute atomic E-state index is 6.02. The number of nitrogen functional groups attached to an aromatic ring is 1. The Hall–Kier alpha value is -6.02. The van der Waals surface area contributed by atoms with Gasteiger partial charge in [-0.3, -0.25) is 0 Å². The van der Waals surface area contributed by atoms with E-state index in [-0.39, 0.29) is 0 Å². The molecule has 0 aliphatic heterocycles. The van der Waals surface area contributed by atoms with E-state index in [9.17, 15) is 0 Å². The van der Waals surface area contributed by atoms with Crippen molar-refractivity contribution in [2.45, 2.75) is 0 Å². The zero-order valence-electron chi connectivity index (χ0n) is 23.3. The number of benzene rings is 4. The highest BCUT2D eigenvalue weighted by Crippen LogP contribution is 2.36. The van der Waals surface area contributed by atoms with Crippen molar-refractivity contribution < 1.29 is 8.83 Å². The molecule has 0 bridgehead atoms. The molecule has 43 heavy (non-hydrogen) atoms. The first-order valence-corrected chi connectivity index (χ1v) is 13.9. The van der Waals surface area contributed by atoms with Gasteiger partial charge >= 0.3 is 0 Å². The minimum absolute atomic E-state index is 0.602. The molecule has 4 heterocycles. The number of hydrogen-bond acceptors (Lipinski definition) is 8. The molecule has 8 nitrogen and oxygen atoms in total. The van der Waals surface area contributed by atoms with Gasteiger partial charge in [0.25, 0.3) is 0 Å². The summed E-state index contributed by atoms with van der Waals surface area (Å²) in [4.78, 5) is 8.65. The molecular formula is C35H28N6O2. The lowest BCUT2D eigenvalue weighted by molar-refractivity contribution is 0.670. The molecule has 0 aliphatic carbocycles. The van der Waals surface area contributed by atoms with Gasteiger partial charge in [-0.05, 0) is 48.5 Å². The molecule has 210 valence electrons. The van der Waals surface area contributed by atoms with Crippen molar-refractivity contribution in [1.29, 1.82) is 0 Å². The summed E-state index contributed by atoms with van der Waals surface area (Å²) in [6.07, 6.45) is 3.47. The van der Waals surface area contributed by atoms with Crippen LogP contribution in [-0.4, -0.2) is 17.0 Å². The van der Waals surface area contributed by atoms with Crippen molar-refractivity contribution in [3.8, 4) is 0 Å². The van der Waals surface area contributed by atoms with Crippen LogP contribution in [0.5, 0.6) is 0 Å². The minimum atomic E-state index is 0.602. The average Bonchev–Trinajstić information content (AvgIpc) is 3.63. The molecule has 4 aromatic carbocycles. The van der Waals surface area contributed by atoms with E-state index >= 15 is 0 Å². The van der Waals surface area contributed by atoms with Gasteiger partial charge in [0.05, 0.1) is 22.7 Å². The van der Waals surface area contributed by atoms with Crippen LogP contribution in [0.1, 0.15) is 0 Å². The van der Waals surface area contributed by atoms with Gasteiger partial charge < -0.3 is 30.5 Å². The summed E-state index contributed by atoms with van der Waals surface area (Å²) in [6, 6.07) is 35.7. The van der Waals surface area contributed by atoms with Crippen LogP contribution in [0.3, 0.4) is 0 Å². The molecule has 0 radical (unpaired) electrons. The fourth-order valence-corrected chi connectivity index (χ4v) is 5.18. The summed E-state index contributed by atoms with van der Waals surface area (Å²) in [6.45, 7) is 0. The van der Waals surface area contributed by atoms with E-state index in [0.717, 1.165) is 66.8 Å². The van der Waals surface area contributed by atoms with Gasteiger partial charge in [0.1, 0.15) is 11.2 Å². The summed E-state index contributed by atoms with van der Waals surface area (Å²) in [5.41, 5.74) is 12.7. The lowest BCUT2D eigenvalue weighted by Gasteiger charge is -2.10. The first kappa shape index (κ1) is 25.9. The third-order valence-corrected chi connectivity index (χ3v) is 7.23. The normalized spacial score (nSPS) is 11.0. The minimum Gasteiger partial charge on any atom is -0.454 e. The maximum Gasteiger partial charge on any atom is 0.158 e. The molecule has 0 saturated heterocycles. The Bertz CT molecular complexity index is 2220. The fourth-order valence-electron chi connectivity index (χ4n) is 5.18. The lowest BCUT2D eigenvalue weighted by Crippen LogP contribution is -1.99. The highest BCUT2D eigenvalue weighted by atomic mass is 16.3. The van der Waals surface area contributed by atoms with Gasteiger partial charge in [-0.1, -0.05) is 60.7 Å². The second kappa shape index (κ2) is 11.1. The number of hydrogen-bond donors (Lipinski definition) is 4.